The number of aliphatic hydroxyl groups excluding tert-OH is 1. The highest BCUT2D eigenvalue weighted by molar-refractivity contribution is 14.0. The van der Waals surface area contributed by atoms with Gasteiger partial charge in [-0.05, 0) is 25.0 Å². The Morgan fingerprint density at radius 2 is 2.18 bits per heavy atom. The number of nitrogens with one attached hydrogen (secondary N) is 1. The number of nitrogens with zero attached hydrogens (tertiary/aromatic N) is 2. The van der Waals surface area contributed by atoms with Gasteiger partial charge in [-0.3, -0.25) is 9.98 Å². The smallest absolute Gasteiger partial charge is 0.188 e. The van der Waals surface area contributed by atoms with Crippen LogP contribution in [0.1, 0.15) is 38.3 Å². The Balaban J connectivity index is 0.00000441. The van der Waals surface area contributed by atoms with Gasteiger partial charge in [0.1, 0.15) is 0 Å². The van der Waals surface area contributed by atoms with Crippen LogP contribution in [-0.4, -0.2) is 35.7 Å². The topological polar surface area (TPSA) is 83.5 Å². The van der Waals surface area contributed by atoms with Gasteiger partial charge >= 0.3 is 0 Å². The molecule has 1 atom stereocenters. The molecule has 126 valence electrons. The van der Waals surface area contributed by atoms with E-state index in [1.54, 1.807) is 6.20 Å². The summed E-state index contributed by atoms with van der Waals surface area (Å²) in [4.78, 5) is 8.57. The summed E-state index contributed by atoms with van der Waals surface area (Å²) in [7, 11) is 0. The highest BCUT2D eigenvalue weighted by atomic mass is 127. The summed E-state index contributed by atoms with van der Waals surface area (Å²) in [5.74, 6) is 0.520. The molecule has 0 radical (unpaired) electrons. The molecule has 4 N–H and O–H groups in total. The molecule has 1 unspecified atom stereocenters. The van der Waals surface area contributed by atoms with Crippen LogP contribution in [0.5, 0.6) is 0 Å². The van der Waals surface area contributed by atoms with E-state index in [4.69, 9.17) is 5.73 Å². The minimum absolute atomic E-state index is 0. The normalized spacial score (nSPS) is 12.5. The van der Waals surface area contributed by atoms with Crippen molar-refractivity contribution < 1.29 is 5.11 Å². The molecule has 0 aromatic carbocycles. The molecule has 0 aliphatic carbocycles. The summed E-state index contributed by atoms with van der Waals surface area (Å²) < 4.78 is 0. The predicted molar refractivity (Wildman–Crippen MR) is 103 cm³/mol. The molecule has 0 saturated carbocycles. The molecule has 0 aliphatic heterocycles. The molecule has 5 nitrogen and oxygen atoms in total. The lowest BCUT2D eigenvalue weighted by Gasteiger charge is -2.12. The molecular formula is C16H29IN4O. The van der Waals surface area contributed by atoms with E-state index in [1.807, 2.05) is 18.2 Å². The molecule has 1 rings (SSSR count). The molecule has 1 heterocycles. The maximum absolute atomic E-state index is 9.42. The number of aromatic nitrogens is 1. The zero-order valence-electron chi connectivity index (χ0n) is 13.4. The molecule has 0 saturated heterocycles. The molecule has 0 fully saturated rings. The Bertz CT molecular complexity index is 400. The van der Waals surface area contributed by atoms with Crippen molar-refractivity contribution in [2.45, 2.75) is 39.0 Å². The highest BCUT2D eigenvalue weighted by Crippen LogP contribution is 2.06. The molecular weight excluding hydrogens is 391 g/mol. The number of hydrogen-bond acceptors (Lipinski definition) is 3. The molecule has 0 aliphatic rings. The molecule has 0 amide bonds. The fourth-order valence-electron chi connectivity index (χ4n) is 2.05. The Labute approximate surface area is 150 Å². The van der Waals surface area contributed by atoms with Crippen LogP contribution in [0.15, 0.2) is 29.4 Å². The zero-order valence-corrected chi connectivity index (χ0v) is 15.7. The van der Waals surface area contributed by atoms with Gasteiger partial charge < -0.3 is 16.2 Å². The molecule has 0 bridgehead atoms. The Morgan fingerprint density at radius 1 is 1.36 bits per heavy atom. The third-order valence-corrected chi connectivity index (χ3v) is 3.34. The summed E-state index contributed by atoms with van der Waals surface area (Å²) in [5, 5.41) is 12.5. The quantitative estimate of drug-likeness (QED) is 0.235. The number of halogens is 1. The molecule has 6 heteroatoms. The van der Waals surface area contributed by atoms with Gasteiger partial charge in [0.05, 0.1) is 0 Å². The highest BCUT2D eigenvalue weighted by Gasteiger charge is 2.09. The molecule has 1 aromatic heterocycles. The lowest BCUT2D eigenvalue weighted by atomic mass is 10.0. The van der Waals surface area contributed by atoms with Gasteiger partial charge in [-0.2, -0.15) is 0 Å². The third kappa shape index (κ3) is 9.94. The monoisotopic (exact) mass is 420 g/mol. The lowest BCUT2D eigenvalue weighted by molar-refractivity contribution is 0.229. The second kappa shape index (κ2) is 13.8. The van der Waals surface area contributed by atoms with Gasteiger partial charge in [-0.25, -0.2) is 0 Å². The summed E-state index contributed by atoms with van der Waals surface area (Å²) in [6.45, 7) is 3.66. The maximum Gasteiger partial charge on any atom is 0.188 e. The fourth-order valence-corrected chi connectivity index (χ4v) is 2.05. The fraction of sp³-hybridized carbons (Fsp3) is 0.625. The van der Waals surface area contributed by atoms with Crippen LogP contribution < -0.4 is 11.1 Å². The van der Waals surface area contributed by atoms with Crippen LogP contribution in [-0.2, 0) is 6.42 Å². The average molecular weight is 420 g/mol. The van der Waals surface area contributed by atoms with Crippen molar-refractivity contribution in [1.29, 1.82) is 0 Å². The van der Waals surface area contributed by atoms with Crippen molar-refractivity contribution in [3.8, 4) is 0 Å². The number of pyridine rings is 1. The summed E-state index contributed by atoms with van der Waals surface area (Å²) >= 11 is 0. The SMILES string of the molecule is CCCCCCNC(N)=NCC(CO)Cc1ccccn1.I. The number of hydrogen-bond donors (Lipinski definition) is 3. The first-order valence-electron chi connectivity index (χ1n) is 7.80. The van der Waals surface area contributed by atoms with Crippen LogP contribution in [0.25, 0.3) is 0 Å². The minimum atomic E-state index is 0. The summed E-state index contributed by atoms with van der Waals surface area (Å²) in [6.07, 6.45) is 7.30. The molecule has 1 aromatic rings. The van der Waals surface area contributed by atoms with E-state index in [2.05, 4.69) is 22.2 Å². The average Bonchev–Trinajstić information content (AvgIpc) is 2.52. The van der Waals surface area contributed by atoms with E-state index in [1.165, 1.54) is 19.3 Å². The summed E-state index contributed by atoms with van der Waals surface area (Å²) in [5.41, 5.74) is 6.80. The van der Waals surface area contributed by atoms with Crippen LogP contribution in [0.4, 0.5) is 0 Å². The molecule has 0 spiro atoms. The van der Waals surface area contributed by atoms with Crippen LogP contribution >= 0.6 is 24.0 Å². The van der Waals surface area contributed by atoms with Crippen LogP contribution in [0, 0.1) is 5.92 Å². The minimum Gasteiger partial charge on any atom is -0.396 e. The van der Waals surface area contributed by atoms with Gasteiger partial charge in [0.15, 0.2) is 5.96 Å². The second-order valence-corrected chi connectivity index (χ2v) is 5.29. The van der Waals surface area contributed by atoms with Gasteiger partial charge in [-0.15, -0.1) is 24.0 Å². The first-order valence-corrected chi connectivity index (χ1v) is 7.80. The first-order chi connectivity index (χ1) is 10.3. The van der Waals surface area contributed by atoms with Gasteiger partial charge in [0, 0.05) is 37.5 Å². The maximum atomic E-state index is 9.42. The number of guanidine groups is 1. The van der Waals surface area contributed by atoms with Crippen LogP contribution in [0.3, 0.4) is 0 Å². The lowest BCUT2D eigenvalue weighted by Crippen LogP contribution is -2.33. The van der Waals surface area contributed by atoms with E-state index in [-0.39, 0.29) is 36.5 Å². The number of unbranched alkanes of at least 4 members (excludes halogenated alkanes) is 3. The Kier molecular flexibility index (Phi) is 13.2. The van der Waals surface area contributed by atoms with Crippen molar-refractivity contribution in [3.63, 3.8) is 0 Å². The van der Waals surface area contributed by atoms with Gasteiger partial charge in [0.2, 0.25) is 0 Å². The van der Waals surface area contributed by atoms with Crippen LogP contribution in [0.2, 0.25) is 0 Å². The van der Waals surface area contributed by atoms with Gasteiger partial charge in [-0.1, -0.05) is 32.3 Å². The standard InChI is InChI=1S/C16H28N4O.HI/c1-2-3-4-6-10-19-16(17)20-12-14(13-21)11-15-8-5-7-9-18-15;/h5,7-9,14,21H,2-4,6,10-13H2,1H3,(H3,17,19,20);1H. The van der Waals surface area contributed by atoms with E-state index in [0.717, 1.165) is 18.7 Å². The zero-order chi connectivity index (χ0) is 15.3. The first kappa shape index (κ1) is 21.1. The second-order valence-electron chi connectivity index (χ2n) is 5.29. The third-order valence-electron chi connectivity index (χ3n) is 3.34. The number of aliphatic imine (C=N–C) groups is 1. The van der Waals surface area contributed by atoms with E-state index in [9.17, 15) is 5.11 Å². The van der Waals surface area contributed by atoms with Crippen molar-refractivity contribution in [1.82, 2.24) is 10.3 Å². The number of rotatable bonds is 10. The van der Waals surface area contributed by atoms with E-state index in [0.29, 0.717) is 18.9 Å². The van der Waals surface area contributed by atoms with Crippen molar-refractivity contribution in [2.75, 3.05) is 19.7 Å². The Hall–Kier alpha value is -0.890. The van der Waals surface area contributed by atoms with Crippen molar-refractivity contribution in [3.05, 3.63) is 30.1 Å². The molecule has 22 heavy (non-hydrogen) atoms. The number of nitrogens with two attached hydrogens (primary N) is 1. The number of aliphatic hydroxyl groups is 1. The van der Waals surface area contributed by atoms with E-state index < -0.39 is 0 Å². The Morgan fingerprint density at radius 3 is 2.82 bits per heavy atom. The van der Waals surface area contributed by atoms with Crippen molar-refractivity contribution >= 4 is 29.9 Å². The predicted octanol–water partition coefficient (Wildman–Crippen LogP) is 2.34. The largest absolute Gasteiger partial charge is 0.396 e. The summed E-state index contributed by atoms with van der Waals surface area (Å²) in [6, 6.07) is 5.80. The van der Waals surface area contributed by atoms with Gasteiger partial charge in [0.25, 0.3) is 0 Å². The van der Waals surface area contributed by atoms with Crippen molar-refractivity contribution in [2.24, 2.45) is 16.6 Å². The van der Waals surface area contributed by atoms with E-state index >= 15 is 0 Å².